The van der Waals surface area contributed by atoms with Crippen LogP contribution in [0.5, 0.6) is 0 Å². The summed E-state index contributed by atoms with van der Waals surface area (Å²) in [6.07, 6.45) is 1.44. The third-order valence-electron chi connectivity index (χ3n) is 0.333. The summed E-state index contributed by atoms with van der Waals surface area (Å²) in [5.41, 5.74) is 0. The Kier molecular flexibility index (Phi) is 32.3. The number of carboxylic acids is 2. The Morgan fingerprint density at radius 2 is 1.00 bits per heavy atom. The fourth-order valence-corrected chi connectivity index (χ4v) is 0. The molecule has 4 nitrogen and oxygen atoms in total. The van der Waals surface area contributed by atoms with Crippen molar-refractivity contribution in [3.8, 4) is 0 Å². The van der Waals surface area contributed by atoms with Gasteiger partial charge in [0.05, 0.1) is 11.9 Å². The number of hydrogen-bond donors (Lipinski definition) is 0. The third kappa shape index (κ3) is 51.6. The number of aliphatic carboxylic acids is 2. The Hall–Kier alpha value is -0.0995. The molecule has 6 heteroatoms. The van der Waals surface area contributed by atoms with Gasteiger partial charge in [-0.1, -0.05) is 13.2 Å². The Labute approximate surface area is 101 Å². The van der Waals surface area contributed by atoms with Gasteiger partial charge in [-0.2, -0.15) is 0 Å². The number of rotatable bonds is 2. The molecular weight excluding hydrogens is 352 g/mol. The van der Waals surface area contributed by atoms with Gasteiger partial charge >= 0.3 is 44.8 Å². The van der Waals surface area contributed by atoms with E-state index in [-0.39, 0.29) is 44.8 Å². The van der Waals surface area contributed by atoms with Crippen LogP contribution in [0.15, 0.2) is 25.3 Å². The molecule has 0 amide bonds. The van der Waals surface area contributed by atoms with Crippen LogP contribution in [-0.4, -0.2) is 11.9 Å². The number of hydrogen-bond acceptors (Lipinski definition) is 4. The normalized spacial score (nSPS) is 5.33. The average molecular weight is 358 g/mol. The van der Waals surface area contributed by atoms with Crippen LogP contribution in [-0.2, 0) is 54.3 Å². The van der Waals surface area contributed by atoms with E-state index in [2.05, 4.69) is 13.2 Å². The zero-order chi connectivity index (χ0) is 8.57. The number of carbonyl (C=O) groups is 2. The second-order valence-corrected chi connectivity index (χ2v) is 1.05. The molecule has 0 unspecified atom stereocenters. The van der Waals surface area contributed by atoms with Crippen molar-refractivity contribution < 1.29 is 64.6 Å². The molecule has 0 aromatic carbocycles. The van der Waals surface area contributed by atoms with Gasteiger partial charge in [0.15, 0.2) is 0 Å². The van der Waals surface area contributed by atoms with Gasteiger partial charge in [-0.3, -0.25) is 0 Å². The van der Waals surface area contributed by atoms with Gasteiger partial charge in [-0.25, -0.2) is 0 Å². The van der Waals surface area contributed by atoms with Crippen LogP contribution in [0.2, 0.25) is 0 Å². The van der Waals surface area contributed by atoms with Gasteiger partial charge < -0.3 is 19.8 Å². The van der Waals surface area contributed by atoms with Crippen LogP contribution in [0.4, 0.5) is 0 Å². The fraction of sp³-hybridized carbons (Fsp3) is 0. The van der Waals surface area contributed by atoms with E-state index < -0.39 is 11.9 Å². The summed E-state index contributed by atoms with van der Waals surface area (Å²) in [5.74, 6) is -2.46. The first-order valence-corrected chi connectivity index (χ1v) is 2.21. The van der Waals surface area contributed by atoms with Crippen molar-refractivity contribution in [3.05, 3.63) is 25.3 Å². The molecule has 0 spiro atoms. The quantitative estimate of drug-likeness (QED) is 0.416. The standard InChI is InChI=1S/2C3H4O2.2Ag/c2*1-2-3(4)5;;/h2*2H,1H2,(H,4,5);;/q;;2*+1/p-2. The van der Waals surface area contributed by atoms with Gasteiger partial charge in [0.1, 0.15) is 0 Å². The van der Waals surface area contributed by atoms with Gasteiger partial charge in [0.2, 0.25) is 0 Å². The van der Waals surface area contributed by atoms with E-state index in [1.165, 1.54) is 0 Å². The number of carbonyl (C=O) groups excluding carboxylic acids is 2. The summed E-state index contributed by atoms with van der Waals surface area (Å²) < 4.78 is 0. The predicted molar refractivity (Wildman–Crippen MR) is 30.4 cm³/mol. The van der Waals surface area contributed by atoms with E-state index in [4.69, 9.17) is 19.8 Å². The molecule has 0 heterocycles. The molecule has 0 bridgehead atoms. The molecule has 0 aromatic heterocycles. The van der Waals surface area contributed by atoms with Crippen molar-refractivity contribution in [1.29, 1.82) is 0 Å². The van der Waals surface area contributed by atoms with Crippen LogP contribution >= 0.6 is 0 Å². The molecule has 0 rings (SSSR count). The van der Waals surface area contributed by atoms with Crippen LogP contribution in [0.25, 0.3) is 0 Å². The second-order valence-electron chi connectivity index (χ2n) is 1.05. The third-order valence-corrected chi connectivity index (χ3v) is 0.333. The second kappa shape index (κ2) is 17.1. The first-order chi connectivity index (χ1) is 4.54. The molecule has 76 valence electrons. The largest absolute Gasteiger partial charge is 1.00 e. The van der Waals surface area contributed by atoms with Gasteiger partial charge in [-0.15, -0.1) is 0 Å². The predicted octanol–water partition coefficient (Wildman–Crippen LogP) is -2.16. The van der Waals surface area contributed by atoms with Crippen LogP contribution in [0.3, 0.4) is 0 Å². The summed E-state index contributed by atoms with van der Waals surface area (Å²) in [6, 6.07) is 0. The minimum absolute atomic E-state index is 0. The minimum Gasteiger partial charge on any atom is -0.545 e. The van der Waals surface area contributed by atoms with Crippen LogP contribution in [0, 0.1) is 0 Å². The van der Waals surface area contributed by atoms with Crippen molar-refractivity contribution in [2.75, 3.05) is 0 Å². The zero-order valence-corrected chi connectivity index (χ0v) is 8.77. The average Bonchev–Trinajstić information content (AvgIpc) is 1.89. The molecule has 0 atom stereocenters. The van der Waals surface area contributed by atoms with E-state index >= 15 is 0 Å². The Morgan fingerprint density at radius 1 is 0.917 bits per heavy atom. The summed E-state index contributed by atoms with van der Waals surface area (Å²) in [4.78, 5) is 18.3. The SMILES string of the molecule is C=CC(=O)[O-].C=CC(=O)[O-].[Ag+].[Ag+]. The summed E-state index contributed by atoms with van der Waals surface area (Å²) in [6.45, 7) is 5.80. The van der Waals surface area contributed by atoms with E-state index in [0.29, 0.717) is 0 Å². The molecule has 0 aliphatic rings. The smallest absolute Gasteiger partial charge is 0.545 e. The van der Waals surface area contributed by atoms with Crippen molar-refractivity contribution in [3.63, 3.8) is 0 Å². The maximum Gasteiger partial charge on any atom is 1.00 e. The maximum atomic E-state index is 9.14. The van der Waals surface area contributed by atoms with Crippen molar-refractivity contribution in [2.24, 2.45) is 0 Å². The van der Waals surface area contributed by atoms with E-state index in [1.807, 2.05) is 0 Å². The molecule has 0 aliphatic carbocycles. The maximum absolute atomic E-state index is 9.14. The van der Waals surface area contributed by atoms with Crippen molar-refractivity contribution in [2.45, 2.75) is 0 Å². The Balaban J connectivity index is -0.0000000457. The Bertz CT molecular complexity index is 138. The monoisotopic (exact) mass is 356 g/mol. The first-order valence-electron chi connectivity index (χ1n) is 2.21. The molecule has 0 fully saturated rings. The van der Waals surface area contributed by atoms with Crippen molar-refractivity contribution in [1.82, 2.24) is 0 Å². The number of carboxylic acid groups (broad SMARTS) is 2. The summed E-state index contributed by atoms with van der Waals surface area (Å²) in [5, 5.41) is 18.3. The van der Waals surface area contributed by atoms with Gasteiger partial charge in [0.25, 0.3) is 0 Å². The molecule has 0 saturated carbocycles. The van der Waals surface area contributed by atoms with Crippen molar-refractivity contribution >= 4 is 11.9 Å². The summed E-state index contributed by atoms with van der Waals surface area (Å²) >= 11 is 0. The zero-order valence-electron chi connectivity index (χ0n) is 5.80. The fourth-order valence-electron chi connectivity index (χ4n) is 0. The van der Waals surface area contributed by atoms with Gasteiger partial charge in [0, 0.05) is 0 Å². The molecule has 0 aromatic rings. The molecule has 0 saturated heterocycles. The van der Waals surface area contributed by atoms with Crippen LogP contribution < -0.4 is 10.2 Å². The molecule has 12 heavy (non-hydrogen) atoms. The van der Waals surface area contributed by atoms with E-state index in [9.17, 15) is 0 Å². The Morgan fingerprint density at radius 3 is 1.00 bits per heavy atom. The van der Waals surface area contributed by atoms with Gasteiger partial charge in [-0.05, 0) is 12.2 Å². The molecule has 0 radical (unpaired) electrons. The van der Waals surface area contributed by atoms with E-state index in [1.54, 1.807) is 0 Å². The van der Waals surface area contributed by atoms with Crippen LogP contribution in [0.1, 0.15) is 0 Å². The minimum atomic E-state index is -1.23. The van der Waals surface area contributed by atoms with E-state index in [0.717, 1.165) is 12.2 Å². The first kappa shape index (κ1) is 22.7. The molecular formula is C6H6Ag2O4. The molecule has 0 aliphatic heterocycles. The molecule has 0 N–H and O–H groups in total. The summed E-state index contributed by atoms with van der Waals surface area (Å²) in [7, 11) is 0. The topological polar surface area (TPSA) is 80.3 Å².